The maximum atomic E-state index is 12.6. The molecule has 0 spiro atoms. The lowest BCUT2D eigenvalue weighted by molar-refractivity contribution is -0.133. The van der Waals surface area contributed by atoms with Gasteiger partial charge in [0.2, 0.25) is 5.91 Å². The highest BCUT2D eigenvalue weighted by atomic mass is 79.9. The fraction of sp³-hybridized carbons (Fsp3) is 0.211. The molecule has 2 aromatic rings. The molecule has 25 heavy (non-hydrogen) atoms. The maximum Gasteiger partial charge on any atom is 0.253 e. The van der Waals surface area contributed by atoms with Crippen LogP contribution in [0.2, 0.25) is 0 Å². The number of nitrogens with one attached hydrogen (secondary N) is 2. The number of halogens is 1. The SMILES string of the molecule is C/C(=N\NC(=O)C1C(=O)NCC1c1ccccc1)c1cccc(Br)c1. The van der Waals surface area contributed by atoms with Crippen molar-refractivity contribution in [1.29, 1.82) is 0 Å². The van der Waals surface area contributed by atoms with Crippen molar-refractivity contribution in [2.75, 3.05) is 6.54 Å². The Hall–Kier alpha value is -2.47. The molecule has 2 unspecified atom stereocenters. The van der Waals surface area contributed by atoms with Gasteiger partial charge in [0.05, 0.1) is 5.71 Å². The number of carbonyl (C=O) groups is 2. The molecule has 0 aromatic heterocycles. The molecule has 2 aromatic carbocycles. The first-order valence-corrected chi connectivity index (χ1v) is 8.78. The predicted octanol–water partition coefficient (Wildman–Crippen LogP) is 2.82. The number of amides is 2. The Bertz CT molecular complexity index is 820. The Morgan fingerprint density at radius 2 is 1.96 bits per heavy atom. The van der Waals surface area contributed by atoms with Crippen molar-refractivity contribution in [3.63, 3.8) is 0 Å². The topological polar surface area (TPSA) is 70.6 Å². The number of hydrogen-bond acceptors (Lipinski definition) is 3. The van der Waals surface area contributed by atoms with Crippen LogP contribution >= 0.6 is 15.9 Å². The van der Waals surface area contributed by atoms with Crippen molar-refractivity contribution in [2.45, 2.75) is 12.8 Å². The minimum Gasteiger partial charge on any atom is -0.355 e. The second-order valence-corrected chi connectivity index (χ2v) is 6.84. The van der Waals surface area contributed by atoms with E-state index in [4.69, 9.17) is 0 Å². The summed E-state index contributed by atoms with van der Waals surface area (Å²) in [6, 6.07) is 17.2. The molecule has 0 radical (unpaired) electrons. The molecule has 3 rings (SSSR count). The summed E-state index contributed by atoms with van der Waals surface area (Å²) >= 11 is 3.41. The van der Waals surface area contributed by atoms with E-state index in [-0.39, 0.29) is 11.8 Å². The van der Waals surface area contributed by atoms with Gasteiger partial charge in [-0.15, -0.1) is 0 Å². The molecule has 0 saturated carbocycles. The van der Waals surface area contributed by atoms with Gasteiger partial charge in [-0.1, -0.05) is 58.4 Å². The quantitative estimate of drug-likeness (QED) is 0.471. The van der Waals surface area contributed by atoms with Gasteiger partial charge in [-0.25, -0.2) is 5.43 Å². The number of hydrazone groups is 1. The third kappa shape index (κ3) is 3.96. The summed E-state index contributed by atoms with van der Waals surface area (Å²) in [4.78, 5) is 24.7. The van der Waals surface area contributed by atoms with Crippen LogP contribution in [0.15, 0.2) is 64.2 Å². The number of rotatable bonds is 4. The van der Waals surface area contributed by atoms with Crippen LogP contribution in [-0.2, 0) is 9.59 Å². The first-order chi connectivity index (χ1) is 12.1. The third-order valence-electron chi connectivity index (χ3n) is 4.27. The van der Waals surface area contributed by atoms with E-state index in [0.29, 0.717) is 12.3 Å². The zero-order chi connectivity index (χ0) is 17.8. The Labute approximate surface area is 154 Å². The molecule has 0 aliphatic carbocycles. The molecule has 2 atom stereocenters. The van der Waals surface area contributed by atoms with Gasteiger partial charge in [-0.3, -0.25) is 9.59 Å². The summed E-state index contributed by atoms with van der Waals surface area (Å²) in [6.07, 6.45) is 0. The molecule has 1 heterocycles. The van der Waals surface area contributed by atoms with Crippen LogP contribution in [0, 0.1) is 5.92 Å². The molecule has 1 fully saturated rings. The van der Waals surface area contributed by atoms with Gasteiger partial charge in [0.15, 0.2) is 0 Å². The first kappa shape index (κ1) is 17.4. The standard InChI is InChI=1S/C19H18BrN3O2/c1-12(14-8-5-9-15(20)10-14)22-23-19(25)17-16(11-21-18(17)24)13-6-3-2-4-7-13/h2-10,16-17H,11H2,1H3,(H,21,24)(H,23,25)/b22-12+. The highest BCUT2D eigenvalue weighted by Gasteiger charge is 2.40. The molecule has 6 heteroatoms. The van der Waals surface area contributed by atoms with Gasteiger partial charge in [0.1, 0.15) is 5.92 Å². The summed E-state index contributed by atoms with van der Waals surface area (Å²) in [5.41, 5.74) is 5.08. The summed E-state index contributed by atoms with van der Waals surface area (Å²) in [6.45, 7) is 2.26. The van der Waals surface area contributed by atoms with Crippen LogP contribution in [0.5, 0.6) is 0 Å². The fourth-order valence-electron chi connectivity index (χ4n) is 2.92. The Morgan fingerprint density at radius 3 is 2.68 bits per heavy atom. The second-order valence-electron chi connectivity index (χ2n) is 5.92. The second kappa shape index (κ2) is 7.61. The normalized spacial score (nSPS) is 20.2. The van der Waals surface area contributed by atoms with Gasteiger partial charge in [-0.05, 0) is 30.2 Å². The highest BCUT2D eigenvalue weighted by molar-refractivity contribution is 9.10. The van der Waals surface area contributed by atoms with Crippen LogP contribution < -0.4 is 10.7 Å². The van der Waals surface area contributed by atoms with Crippen molar-refractivity contribution in [3.8, 4) is 0 Å². The van der Waals surface area contributed by atoms with E-state index in [1.165, 1.54) is 0 Å². The van der Waals surface area contributed by atoms with Gasteiger partial charge >= 0.3 is 0 Å². The minimum atomic E-state index is -0.776. The van der Waals surface area contributed by atoms with Gasteiger partial charge in [0.25, 0.3) is 5.91 Å². The Kier molecular flexibility index (Phi) is 5.28. The van der Waals surface area contributed by atoms with E-state index >= 15 is 0 Å². The van der Waals surface area contributed by atoms with Crippen LogP contribution in [-0.4, -0.2) is 24.1 Å². The predicted molar refractivity (Wildman–Crippen MR) is 100 cm³/mol. The van der Waals surface area contributed by atoms with E-state index in [1.54, 1.807) is 0 Å². The van der Waals surface area contributed by atoms with E-state index in [0.717, 1.165) is 15.6 Å². The van der Waals surface area contributed by atoms with Crippen LogP contribution in [0.3, 0.4) is 0 Å². The van der Waals surface area contributed by atoms with Gasteiger partial charge < -0.3 is 5.32 Å². The Morgan fingerprint density at radius 1 is 1.20 bits per heavy atom. The van der Waals surface area contributed by atoms with E-state index in [2.05, 4.69) is 31.8 Å². The zero-order valence-electron chi connectivity index (χ0n) is 13.7. The van der Waals surface area contributed by atoms with Crippen LogP contribution in [0.25, 0.3) is 0 Å². The van der Waals surface area contributed by atoms with Crippen molar-refractivity contribution < 1.29 is 9.59 Å². The van der Waals surface area contributed by atoms with Crippen molar-refractivity contribution in [2.24, 2.45) is 11.0 Å². The summed E-state index contributed by atoms with van der Waals surface area (Å²) in [5.74, 6) is -1.61. The molecule has 128 valence electrons. The third-order valence-corrected chi connectivity index (χ3v) is 4.76. The molecular formula is C19H18BrN3O2. The number of benzene rings is 2. The fourth-order valence-corrected chi connectivity index (χ4v) is 3.32. The Balaban J connectivity index is 1.75. The highest BCUT2D eigenvalue weighted by Crippen LogP contribution is 2.29. The lowest BCUT2D eigenvalue weighted by Gasteiger charge is -2.15. The zero-order valence-corrected chi connectivity index (χ0v) is 15.3. The molecule has 1 aliphatic heterocycles. The maximum absolute atomic E-state index is 12.6. The molecule has 0 bridgehead atoms. The average molecular weight is 400 g/mol. The van der Waals surface area contributed by atoms with Crippen molar-refractivity contribution in [1.82, 2.24) is 10.7 Å². The number of nitrogens with zero attached hydrogens (tertiary/aromatic N) is 1. The van der Waals surface area contributed by atoms with E-state index in [1.807, 2.05) is 61.5 Å². The molecule has 1 aliphatic rings. The van der Waals surface area contributed by atoms with E-state index < -0.39 is 11.8 Å². The lowest BCUT2D eigenvalue weighted by Crippen LogP contribution is -2.35. The minimum absolute atomic E-state index is 0.185. The lowest BCUT2D eigenvalue weighted by atomic mass is 9.88. The number of carbonyl (C=O) groups excluding carboxylic acids is 2. The van der Waals surface area contributed by atoms with Crippen molar-refractivity contribution >= 4 is 33.5 Å². The number of hydrogen-bond donors (Lipinski definition) is 2. The first-order valence-electron chi connectivity index (χ1n) is 7.99. The molecule has 2 N–H and O–H groups in total. The summed E-state index contributed by atoms with van der Waals surface area (Å²) in [5, 5.41) is 6.93. The summed E-state index contributed by atoms with van der Waals surface area (Å²) in [7, 11) is 0. The molecule has 5 nitrogen and oxygen atoms in total. The molecular weight excluding hydrogens is 382 g/mol. The van der Waals surface area contributed by atoms with E-state index in [9.17, 15) is 9.59 Å². The average Bonchev–Trinajstić information content (AvgIpc) is 3.02. The van der Waals surface area contributed by atoms with Crippen molar-refractivity contribution in [3.05, 3.63) is 70.2 Å². The monoisotopic (exact) mass is 399 g/mol. The van der Waals surface area contributed by atoms with Gasteiger partial charge in [0, 0.05) is 16.9 Å². The summed E-state index contributed by atoms with van der Waals surface area (Å²) < 4.78 is 0.935. The van der Waals surface area contributed by atoms with Crippen LogP contribution in [0.1, 0.15) is 24.0 Å². The molecule has 2 amide bonds. The largest absolute Gasteiger partial charge is 0.355 e. The van der Waals surface area contributed by atoms with Crippen LogP contribution in [0.4, 0.5) is 0 Å². The smallest absolute Gasteiger partial charge is 0.253 e. The van der Waals surface area contributed by atoms with Gasteiger partial charge in [-0.2, -0.15) is 5.10 Å². The molecule has 1 saturated heterocycles.